The Morgan fingerprint density at radius 2 is 0.528 bits per heavy atom. The van der Waals surface area contributed by atoms with Crippen LogP contribution in [0.2, 0.25) is 0 Å². The van der Waals surface area contributed by atoms with Crippen molar-refractivity contribution in [2.45, 2.75) is 66.7 Å². The highest BCUT2D eigenvalue weighted by atomic mass is 33.1. The van der Waals surface area contributed by atoms with E-state index in [1.165, 1.54) is 0 Å². The second-order valence-electron chi connectivity index (χ2n) is 8.42. The molecule has 0 aromatic carbocycles. The minimum Gasteiger partial charge on any atom is -0.249 e. The van der Waals surface area contributed by atoms with Crippen molar-refractivity contribution in [3.63, 3.8) is 0 Å². The summed E-state index contributed by atoms with van der Waals surface area (Å²) >= 11 is 11.4. The molecule has 5 aromatic heterocycles. The molecule has 0 aliphatic rings. The molecular weight excluding hydrogens is 867 g/mol. The van der Waals surface area contributed by atoms with E-state index in [2.05, 4.69) is 83.6 Å². The second-order valence-corrected chi connectivity index (χ2v) is 20.3. The molecule has 0 spiro atoms. The van der Waals surface area contributed by atoms with Gasteiger partial charge in [-0.3, -0.25) is 0 Å². The lowest BCUT2D eigenvalue weighted by Crippen LogP contribution is -1.75. The molecule has 0 atom stereocenters. The first-order valence-electron chi connectivity index (χ1n) is 16.6. The molecule has 0 aliphatic carbocycles. The summed E-state index contributed by atoms with van der Waals surface area (Å²) in [7, 11) is 13.9. The van der Waals surface area contributed by atoms with Gasteiger partial charge in [0, 0.05) is 48.2 Å². The van der Waals surface area contributed by atoms with Gasteiger partial charge in [-0.25, -0.2) is 24.9 Å². The largest absolute Gasteiger partial charge is 0.249 e. The summed E-state index contributed by atoms with van der Waals surface area (Å²) in [5, 5.41) is 5.28. The van der Waals surface area contributed by atoms with Crippen LogP contribution in [0.25, 0.3) is 0 Å². The van der Waals surface area contributed by atoms with E-state index in [-0.39, 0.29) is 0 Å². The van der Waals surface area contributed by atoms with E-state index in [1.54, 1.807) is 66.4 Å². The number of rotatable bonds is 12. The Labute approximate surface area is 368 Å². The van der Waals surface area contributed by atoms with Gasteiger partial charge in [0.2, 0.25) is 0 Å². The molecule has 5 heterocycles. The van der Waals surface area contributed by atoms with Gasteiger partial charge in [-0.15, -0.1) is 0 Å². The number of hydrogen-bond acceptors (Lipinski definition) is 16. The van der Waals surface area contributed by atoms with Crippen molar-refractivity contribution in [2.75, 3.05) is 34.5 Å². The zero-order chi connectivity index (χ0) is 39.5. The first-order chi connectivity index (χ1) is 26.0. The zero-order valence-corrected chi connectivity index (χ0v) is 40.3. The Hall–Kier alpha value is -0.400. The molecule has 5 rings (SSSR count). The van der Waals surface area contributed by atoms with E-state index in [1.807, 2.05) is 163 Å². The van der Waals surface area contributed by atoms with Crippen LogP contribution < -0.4 is 0 Å². The van der Waals surface area contributed by atoms with Gasteiger partial charge in [0.1, 0.15) is 25.1 Å². The fourth-order valence-electron chi connectivity index (χ4n) is 2.43. The molecule has 53 heavy (non-hydrogen) atoms. The lowest BCUT2D eigenvalue weighted by molar-refractivity contribution is 1.13. The molecule has 0 N–H and O–H groups in total. The molecule has 0 saturated carbocycles. The fraction of sp³-hybridized carbons (Fsp3) is 0.324. The maximum Gasteiger partial charge on any atom is 0.107 e. The van der Waals surface area contributed by atoms with Gasteiger partial charge in [-0.1, -0.05) is 104 Å². The van der Waals surface area contributed by atoms with Gasteiger partial charge < -0.3 is 0 Å². The van der Waals surface area contributed by atoms with Gasteiger partial charge in [0.15, 0.2) is 0 Å². The Kier molecular flexibility index (Phi) is 47.5. The molecule has 0 aliphatic heterocycles. The fourth-order valence-corrected chi connectivity index (χ4v) is 8.64. The quantitative estimate of drug-likeness (QED) is 0.0823. The van der Waals surface area contributed by atoms with Crippen molar-refractivity contribution < 1.29 is 0 Å². The van der Waals surface area contributed by atoms with Crippen molar-refractivity contribution in [3.8, 4) is 0 Å². The third kappa shape index (κ3) is 39.6. The van der Waals surface area contributed by atoms with Crippen molar-refractivity contribution in [3.05, 3.63) is 122 Å². The van der Waals surface area contributed by atoms with Gasteiger partial charge in [0.05, 0.1) is 0 Å². The molecule has 0 fully saturated rings. The van der Waals surface area contributed by atoms with Gasteiger partial charge in [-0.2, -0.15) is 37.9 Å². The van der Waals surface area contributed by atoms with E-state index >= 15 is 0 Å². The van der Waals surface area contributed by atoms with E-state index in [0.717, 1.165) is 59.6 Å². The van der Waals surface area contributed by atoms with Gasteiger partial charge >= 0.3 is 0 Å². The van der Waals surface area contributed by atoms with Crippen LogP contribution in [-0.4, -0.2) is 59.4 Å². The highest BCUT2D eigenvalue weighted by Gasteiger charge is 1.97. The molecular formula is C37H53N5S11. The Morgan fingerprint density at radius 3 is 0.679 bits per heavy atom. The predicted octanol–water partition coefficient (Wildman–Crippen LogP) is 14.6. The maximum atomic E-state index is 4.21. The third-order valence-corrected chi connectivity index (χ3v) is 13.4. The number of hydrogen-bond donors (Lipinski definition) is 3. The molecule has 5 nitrogen and oxygen atoms in total. The summed E-state index contributed by atoms with van der Waals surface area (Å²) in [6.07, 6.45) is 9.04. The lowest BCUT2D eigenvalue weighted by atomic mass is 10.5. The summed E-state index contributed by atoms with van der Waals surface area (Å²) in [4.78, 5) is 20.9. The zero-order valence-electron chi connectivity index (χ0n) is 31.1. The highest BCUT2D eigenvalue weighted by molar-refractivity contribution is 8.77. The second kappa shape index (κ2) is 46.0. The predicted molar refractivity (Wildman–Crippen MR) is 263 cm³/mol. The molecule has 0 unspecified atom stereocenters. The molecule has 0 bridgehead atoms. The Balaban J connectivity index is 0. The van der Waals surface area contributed by atoms with Crippen LogP contribution in [0.5, 0.6) is 0 Å². The highest BCUT2D eigenvalue weighted by Crippen LogP contribution is 2.34. The monoisotopic (exact) mass is 919 g/mol. The van der Waals surface area contributed by atoms with Crippen LogP contribution in [0.1, 0.15) is 41.5 Å². The average Bonchev–Trinajstić information content (AvgIpc) is 3.21. The normalized spacial score (nSPS) is 9.15. The van der Waals surface area contributed by atoms with Crippen LogP contribution in [0, 0.1) is 0 Å². The van der Waals surface area contributed by atoms with Crippen LogP contribution >= 0.6 is 124 Å². The topological polar surface area (TPSA) is 64.5 Å². The molecule has 292 valence electrons. The standard InChI is InChI=1S/C10H8N2S2.3C7H9NS2.3C2H6S/c1-3-7-11-9(5-1)13-14-10-6-2-4-8-12-10;3*1-2-9-10-7-5-3-4-6-8-7;3*1-2-3/h1-8H;3*3-6H,2H2,1H3;3*3H,2H2,1H3. The first kappa shape index (κ1) is 54.7. The van der Waals surface area contributed by atoms with Crippen LogP contribution in [0.3, 0.4) is 0 Å². The minimum atomic E-state index is 0.944. The van der Waals surface area contributed by atoms with Crippen molar-refractivity contribution in [2.24, 2.45) is 0 Å². The summed E-state index contributed by atoms with van der Waals surface area (Å²) in [6.45, 7) is 12.4. The lowest BCUT2D eigenvalue weighted by Gasteiger charge is -1.97. The molecule has 0 radical (unpaired) electrons. The Morgan fingerprint density at radius 1 is 0.340 bits per heavy atom. The van der Waals surface area contributed by atoms with Crippen molar-refractivity contribution >= 4 is 124 Å². The summed E-state index contributed by atoms with van der Waals surface area (Å²) in [5.74, 6) is 6.21. The van der Waals surface area contributed by atoms with E-state index < -0.39 is 0 Å². The molecule has 5 aromatic rings. The van der Waals surface area contributed by atoms with Gasteiger partial charge in [-0.05, 0) is 132 Å². The molecule has 0 amide bonds. The summed E-state index contributed by atoms with van der Waals surface area (Å²) in [5.41, 5.74) is 0. The van der Waals surface area contributed by atoms with Gasteiger partial charge in [0.25, 0.3) is 0 Å². The van der Waals surface area contributed by atoms with Crippen molar-refractivity contribution in [1.29, 1.82) is 0 Å². The third-order valence-electron chi connectivity index (χ3n) is 4.19. The first-order valence-corrected chi connectivity index (χ1v) is 27.6. The van der Waals surface area contributed by atoms with Crippen LogP contribution in [0.4, 0.5) is 0 Å². The smallest absolute Gasteiger partial charge is 0.107 e. The van der Waals surface area contributed by atoms with Crippen LogP contribution in [0.15, 0.2) is 147 Å². The molecule has 0 saturated heterocycles. The van der Waals surface area contributed by atoms with E-state index in [9.17, 15) is 0 Å². The SMILES string of the molecule is CCS.CCS.CCS.CCSSc1ccccn1.CCSSc1ccccn1.CCSSc1ccccn1.c1ccc(SSc2ccccn2)nc1. The van der Waals surface area contributed by atoms with Crippen molar-refractivity contribution in [1.82, 2.24) is 24.9 Å². The minimum absolute atomic E-state index is 0.944. The van der Waals surface area contributed by atoms with Crippen LogP contribution in [-0.2, 0) is 0 Å². The molecule has 16 heteroatoms. The number of nitrogens with zero attached hydrogens (tertiary/aromatic N) is 5. The van der Waals surface area contributed by atoms with E-state index in [0.29, 0.717) is 0 Å². The number of pyridine rings is 5. The number of thiol groups is 3. The summed E-state index contributed by atoms with van der Waals surface area (Å²) < 4.78 is 0. The number of aromatic nitrogens is 5. The maximum absolute atomic E-state index is 4.21. The summed E-state index contributed by atoms with van der Waals surface area (Å²) in [6, 6.07) is 29.6. The van der Waals surface area contributed by atoms with E-state index in [4.69, 9.17) is 0 Å². The Bertz CT molecular complexity index is 1230. The average molecular weight is 921 g/mol.